The number of hydrogen-bond donors (Lipinski definition) is 1. The maximum atomic E-state index is 11.8. The highest BCUT2D eigenvalue weighted by Crippen LogP contribution is 2.34. The van der Waals surface area contributed by atoms with Gasteiger partial charge in [-0.1, -0.05) is 0 Å². The molecule has 1 aromatic carbocycles. The van der Waals surface area contributed by atoms with Gasteiger partial charge < -0.3 is 9.72 Å². The van der Waals surface area contributed by atoms with E-state index in [2.05, 4.69) is 4.98 Å². The fourth-order valence-corrected chi connectivity index (χ4v) is 2.52. The van der Waals surface area contributed by atoms with E-state index < -0.39 is 0 Å². The Morgan fingerprint density at radius 3 is 2.82 bits per heavy atom. The third-order valence-corrected chi connectivity index (χ3v) is 3.64. The van der Waals surface area contributed by atoms with E-state index in [0.29, 0.717) is 0 Å². The number of aromatic amines is 1. The highest BCUT2D eigenvalue weighted by molar-refractivity contribution is 5.88. The average molecular weight is 229 g/mol. The van der Waals surface area contributed by atoms with E-state index in [0.717, 1.165) is 39.8 Å². The molecule has 1 aliphatic heterocycles. The van der Waals surface area contributed by atoms with Crippen molar-refractivity contribution in [3.05, 3.63) is 39.2 Å². The van der Waals surface area contributed by atoms with Crippen LogP contribution in [0, 0.1) is 13.8 Å². The third-order valence-electron chi connectivity index (χ3n) is 3.64. The van der Waals surface area contributed by atoms with Gasteiger partial charge in [-0.15, -0.1) is 0 Å². The van der Waals surface area contributed by atoms with Crippen molar-refractivity contribution in [2.75, 3.05) is 0 Å². The molecular formula is C14H15NO2. The van der Waals surface area contributed by atoms with Gasteiger partial charge in [-0.3, -0.25) is 4.79 Å². The van der Waals surface area contributed by atoms with Gasteiger partial charge in [0.25, 0.3) is 5.56 Å². The summed E-state index contributed by atoms with van der Waals surface area (Å²) in [5, 5.41) is 1.12. The Morgan fingerprint density at radius 2 is 2.06 bits per heavy atom. The van der Waals surface area contributed by atoms with Crippen LogP contribution in [0.5, 0.6) is 5.75 Å². The van der Waals surface area contributed by atoms with Crippen molar-refractivity contribution in [1.29, 1.82) is 0 Å². The summed E-state index contributed by atoms with van der Waals surface area (Å²) in [7, 11) is 0. The first-order valence-corrected chi connectivity index (χ1v) is 5.89. The third kappa shape index (κ3) is 1.38. The van der Waals surface area contributed by atoms with Gasteiger partial charge >= 0.3 is 0 Å². The second kappa shape index (κ2) is 3.36. The second-order valence-electron chi connectivity index (χ2n) is 4.80. The molecule has 2 aromatic rings. The Hall–Kier alpha value is -1.77. The molecule has 1 aliphatic rings. The van der Waals surface area contributed by atoms with Crippen LogP contribution in [0.4, 0.5) is 0 Å². The minimum Gasteiger partial charge on any atom is -0.490 e. The summed E-state index contributed by atoms with van der Waals surface area (Å²) in [5.41, 5.74) is 3.94. The first-order chi connectivity index (χ1) is 8.08. The summed E-state index contributed by atoms with van der Waals surface area (Å²) in [5.74, 6) is 0.906. The molecule has 0 saturated heterocycles. The lowest BCUT2D eigenvalue weighted by atomic mass is 10.0. The molecule has 2 heterocycles. The van der Waals surface area contributed by atoms with Crippen LogP contribution in [-0.4, -0.2) is 11.1 Å². The van der Waals surface area contributed by atoms with Crippen molar-refractivity contribution in [3.8, 4) is 5.75 Å². The van der Waals surface area contributed by atoms with Gasteiger partial charge in [0.05, 0.1) is 5.52 Å². The fraction of sp³-hybridized carbons (Fsp3) is 0.357. The molecule has 0 saturated carbocycles. The molecular weight excluding hydrogens is 214 g/mol. The summed E-state index contributed by atoms with van der Waals surface area (Å²) in [6, 6.07) is 4.04. The monoisotopic (exact) mass is 229 g/mol. The SMILES string of the molecule is Cc1c(C)c2ccc3c(c2[nH]c1=O)CC(C)O3. The normalized spacial score (nSPS) is 18.2. The molecule has 0 spiro atoms. The van der Waals surface area contributed by atoms with E-state index in [4.69, 9.17) is 4.74 Å². The number of fused-ring (bicyclic) bond motifs is 3. The highest BCUT2D eigenvalue weighted by Gasteiger charge is 2.22. The van der Waals surface area contributed by atoms with Crippen LogP contribution in [0.3, 0.4) is 0 Å². The highest BCUT2D eigenvalue weighted by atomic mass is 16.5. The van der Waals surface area contributed by atoms with Gasteiger partial charge in [0, 0.05) is 22.9 Å². The number of aryl methyl sites for hydroxylation is 1. The van der Waals surface area contributed by atoms with Crippen LogP contribution in [0.15, 0.2) is 16.9 Å². The molecule has 3 nitrogen and oxygen atoms in total. The van der Waals surface area contributed by atoms with Crippen molar-refractivity contribution in [2.24, 2.45) is 0 Å². The minimum absolute atomic E-state index is 0.00273. The van der Waals surface area contributed by atoms with Crippen molar-refractivity contribution in [1.82, 2.24) is 4.98 Å². The van der Waals surface area contributed by atoms with E-state index >= 15 is 0 Å². The molecule has 0 aliphatic carbocycles. The predicted molar refractivity (Wildman–Crippen MR) is 67.8 cm³/mol. The topological polar surface area (TPSA) is 42.1 Å². The Bertz CT molecular complexity index is 670. The number of nitrogens with one attached hydrogen (secondary N) is 1. The van der Waals surface area contributed by atoms with Gasteiger partial charge in [0.1, 0.15) is 11.9 Å². The second-order valence-corrected chi connectivity index (χ2v) is 4.80. The fourth-order valence-electron chi connectivity index (χ4n) is 2.52. The van der Waals surface area contributed by atoms with Crippen molar-refractivity contribution < 1.29 is 4.74 Å². The van der Waals surface area contributed by atoms with Crippen LogP contribution in [0.1, 0.15) is 23.6 Å². The zero-order chi connectivity index (χ0) is 12.2. The smallest absolute Gasteiger partial charge is 0.251 e. The Morgan fingerprint density at radius 1 is 1.29 bits per heavy atom. The van der Waals surface area contributed by atoms with E-state index in [9.17, 15) is 4.79 Å². The quantitative estimate of drug-likeness (QED) is 0.754. The number of H-pyrrole nitrogens is 1. The number of ether oxygens (including phenoxy) is 1. The maximum Gasteiger partial charge on any atom is 0.251 e. The van der Waals surface area contributed by atoms with Crippen LogP contribution < -0.4 is 10.3 Å². The number of hydrogen-bond acceptors (Lipinski definition) is 2. The zero-order valence-corrected chi connectivity index (χ0v) is 10.3. The molecule has 0 radical (unpaired) electrons. The van der Waals surface area contributed by atoms with Crippen LogP contribution >= 0.6 is 0 Å². The molecule has 0 fully saturated rings. The summed E-state index contributed by atoms with van der Waals surface area (Å²) in [4.78, 5) is 14.8. The molecule has 1 N–H and O–H groups in total. The van der Waals surface area contributed by atoms with Crippen molar-refractivity contribution >= 4 is 10.9 Å². The van der Waals surface area contributed by atoms with Gasteiger partial charge in [0.15, 0.2) is 0 Å². The molecule has 17 heavy (non-hydrogen) atoms. The number of rotatable bonds is 0. The summed E-state index contributed by atoms with van der Waals surface area (Å²) >= 11 is 0. The minimum atomic E-state index is 0.00273. The first kappa shape index (κ1) is 10.4. The summed E-state index contributed by atoms with van der Waals surface area (Å²) in [6.07, 6.45) is 1.06. The largest absolute Gasteiger partial charge is 0.490 e. The van der Waals surface area contributed by atoms with E-state index in [1.165, 1.54) is 0 Å². The molecule has 0 amide bonds. The van der Waals surface area contributed by atoms with E-state index in [-0.39, 0.29) is 11.7 Å². The molecule has 88 valence electrons. The lowest BCUT2D eigenvalue weighted by molar-refractivity contribution is 0.254. The molecule has 3 rings (SSSR count). The van der Waals surface area contributed by atoms with Crippen molar-refractivity contribution in [3.63, 3.8) is 0 Å². The summed E-state index contributed by atoms with van der Waals surface area (Å²) < 4.78 is 5.70. The molecule has 1 aromatic heterocycles. The molecule has 3 heteroatoms. The molecule has 1 atom stereocenters. The number of pyridine rings is 1. The van der Waals surface area contributed by atoms with Gasteiger partial charge in [-0.05, 0) is 38.5 Å². The van der Waals surface area contributed by atoms with Crippen LogP contribution in [-0.2, 0) is 6.42 Å². The van der Waals surface area contributed by atoms with E-state index in [1.807, 2.05) is 32.9 Å². The number of aromatic nitrogens is 1. The Kier molecular flexibility index (Phi) is 2.05. The predicted octanol–water partition coefficient (Wildman–Crippen LogP) is 2.47. The molecule has 0 bridgehead atoms. The van der Waals surface area contributed by atoms with Crippen LogP contribution in [0.25, 0.3) is 10.9 Å². The zero-order valence-electron chi connectivity index (χ0n) is 10.3. The Balaban J connectivity index is 2.43. The van der Waals surface area contributed by atoms with Gasteiger partial charge in [-0.2, -0.15) is 0 Å². The number of benzene rings is 1. The van der Waals surface area contributed by atoms with E-state index in [1.54, 1.807) is 0 Å². The van der Waals surface area contributed by atoms with Crippen molar-refractivity contribution in [2.45, 2.75) is 33.3 Å². The first-order valence-electron chi connectivity index (χ1n) is 5.89. The van der Waals surface area contributed by atoms with Gasteiger partial charge in [0.2, 0.25) is 0 Å². The lowest BCUT2D eigenvalue weighted by Crippen LogP contribution is -2.12. The summed E-state index contributed by atoms with van der Waals surface area (Å²) in [6.45, 7) is 5.91. The molecule has 1 unspecified atom stereocenters. The standard InChI is InChI=1S/C14H15NO2/c1-7-6-11-12(17-7)5-4-10-8(2)9(3)14(16)15-13(10)11/h4-5,7H,6H2,1-3H3,(H,15,16). The Labute approximate surface area is 99.4 Å². The van der Waals surface area contributed by atoms with Gasteiger partial charge in [-0.25, -0.2) is 0 Å². The van der Waals surface area contributed by atoms with Crippen LogP contribution in [0.2, 0.25) is 0 Å². The maximum absolute atomic E-state index is 11.8. The average Bonchev–Trinajstić information content (AvgIpc) is 2.67. The lowest BCUT2D eigenvalue weighted by Gasteiger charge is -2.08.